The van der Waals surface area contributed by atoms with Gasteiger partial charge in [0.15, 0.2) is 0 Å². The van der Waals surface area contributed by atoms with Crippen molar-refractivity contribution >= 4 is 5.97 Å². The summed E-state index contributed by atoms with van der Waals surface area (Å²) in [5.41, 5.74) is -0.403. The highest BCUT2D eigenvalue weighted by Crippen LogP contribution is 2.01. The van der Waals surface area contributed by atoms with Gasteiger partial charge < -0.3 is 5.11 Å². The van der Waals surface area contributed by atoms with Gasteiger partial charge >= 0.3 is 5.97 Å². The van der Waals surface area contributed by atoms with Crippen LogP contribution in [0.25, 0.3) is 0 Å². The molecule has 0 aliphatic carbocycles. The molecule has 2 N–H and O–H groups in total. The molecular weight excluding hydrogens is 160 g/mol. The summed E-state index contributed by atoms with van der Waals surface area (Å²) in [4.78, 5) is 13.4. The van der Waals surface area contributed by atoms with E-state index in [1.165, 1.54) is 6.08 Å². The molecule has 72 valence electrons. The van der Waals surface area contributed by atoms with Gasteiger partial charge in [-0.25, -0.2) is 9.68 Å². The molecule has 0 bridgehead atoms. The van der Waals surface area contributed by atoms with Crippen molar-refractivity contribution < 1.29 is 20.0 Å². The monoisotopic (exact) mass is 176 g/mol. The molecule has 0 unspecified atom stereocenters. The SMILES string of the molecule is C/C=C/C(=O)O.CC(C)(C)OO. The van der Waals surface area contributed by atoms with E-state index >= 15 is 0 Å². The molecule has 0 saturated heterocycles. The molecule has 0 spiro atoms. The number of allylic oxidation sites excluding steroid dienone is 1. The lowest BCUT2D eigenvalue weighted by molar-refractivity contribution is -0.306. The maximum atomic E-state index is 9.51. The molecule has 0 amide bonds. The third-order valence-corrected chi connectivity index (χ3v) is 0.583. The van der Waals surface area contributed by atoms with Crippen LogP contribution in [0.1, 0.15) is 27.7 Å². The molecule has 4 heteroatoms. The fraction of sp³-hybridized carbons (Fsp3) is 0.625. The number of carbonyl (C=O) groups is 1. The zero-order chi connectivity index (χ0) is 10.2. The maximum absolute atomic E-state index is 9.51. The van der Waals surface area contributed by atoms with Gasteiger partial charge in [-0.2, -0.15) is 0 Å². The first-order chi connectivity index (χ1) is 5.33. The molecule has 0 fully saturated rings. The Hall–Kier alpha value is -0.870. The van der Waals surface area contributed by atoms with E-state index in [1.807, 2.05) is 0 Å². The first kappa shape index (κ1) is 13.7. The van der Waals surface area contributed by atoms with Gasteiger partial charge in [0.05, 0.1) is 5.60 Å². The molecule has 0 aromatic carbocycles. The van der Waals surface area contributed by atoms with Crippen molar-refractivity contribution in [3.05, 3.63) is 12.2 Å². The second-order valence-corrected chi connectivity index (χ2v) is 3.04. The first-order valence-corrected chi connectivity index (χ1v) is 3.51. The van der Waals surface area contributed by atoms with Gasteiger partial charge in [-0.15, -0.1) is 0 Å². The lowest BCUT2D eigenvalue weighted by atomic mass is 10.2. The highest BCUT2D eigenvalue weighted by molar-refractivity contribution is 5.79. The number of carboxylic acid groups (broad SMARTS) is 1. The number of rotatable bonds is 1. The second-order valence-electron chi connectivity index (χ2n) is 3.04. The molecule has 0 saturated carbocycles. The molecule has 0 aromatic heterocycles. The summed E-state index contributed by atoms with van der Waals surface area (Å²) in [6.45, 7) is 6.97. The number of hydrogen-bond donors (Lipinski definition) is 2. The minimum absolute atomic E-state index is 0.403. The summed E-state index contributed by atoms with van der Waals surface area (Å²) >= 11 is 0. The third kappa shape index (κ3) is 22.9. The van der Waals surface area contributed by atoms with Crippen LogP contribution in [0.5, 0.6) is 0 Å². The molecule has 0 heterocycles. The fourth-order valence-electron chi connectivity index (χ4n) is 0.143. The van der Waals surface area contributed by atoms with Crippen LogP contribution in [-0.2, 0) is 9.68 Å². The van der Waals surface area contributed by atoms with E-state index in [0.29, 0.717) is 0 Å². The van der Waals surface area contributed by atoms with Gasteiger partial charge in [-0.05, 0) is 27.7 Å². The summed E-state index contributed by atoms with van der Waals surface area (Å²) in [5.74, 6) is -0.891. The van der Waals surface area contributed by atoms with Crippen LogP contribution < -0.4 is 0 Å². The first-order valence-electron chi connectivity index (χ1n) is 3.51. The number of hydrogen-bond acceptors (Lipinski definition) is 3. The van der Waals surface area contributed by atoms with Crippen molar-refractivity contribution in [2.24, 2.45) is 0 Å². The number of aliphatic carboxylic acids is 1. The summed E-state index contributed by atoms with van der Waals surface area (Å²) in [6, 6.07) is 0. The smallest absolute Gasteiger partial charge is 0.327 e. The predicted molar refractivity (Wildman–Crippen MR) is 45.9 cm³/mol. The van der Waals surface area contributed by atoms with E-state index in [9.17, 15) is 4.79 Å². The Labute approximate surface area is 72.4 Å². The lowest BCUT2D eigenvalue weighted by Gasteiger charge is -2.10. The van der Waals surface area contributed by atoms with E-state index in [4.69, 9.17) is 10.4 Å². The summed E-state index contributed by atoms with van der Waals surface area (Å²) in [6.07, 6.45) is 2.56. The zero-order valence-electron chi connectivity index (χ0n) is 7.87. The Morgan fingerprint density at radius 2 is 1.75 bits per heavy atom. The molecule has 0 aliphatic rings. The van der Waals surface area contributed by atoms with Crippen LogP contribution in [0.2, 0.25) is 0 Å². The van der Waals surface area contributed by atoms with Crippen LogP contribution in [-0.4, -0.2) is 21.9 Å². The minimum Gasteiger partial charge on any atom is -0.478 e. The van der Waals surface area contributed by atoms with Gasteiger partial charge in [0.1, 0.15) is 0 Å². The Morgan fingerprint density at radius 1 is 1.42 bits per heavy atom. The molecule has 12 heavy (non-hydrogen) atoms. The standard InChI is InChI=1S/C4H10O2.C4H6O2/c1-4(2,3)6-5;1-2-3-4(5)6/h5H,1-3H3;2-3H,1H3,(H,5,6)/b;3-2+. The third-order valence-electron chi connectivity index (χ3n) is 0.583. The quantitative estimate of drug-likeness (QED) is 0.364. The van der Waals surface area contributed by atoms with Crippen molar-refractivity contribution in [2.75, 3.05) is 0 Å². The second kappa shape index (κ2) is 6.82. The Bertz CT molecular complexity index is 144. The van der Waals surface area contributed by atoms with Gasteiger partial charge in [-0.3, -0.25) is 5.26 Å². The predicted octanol–water partition coefficient (Wildman–Crippen LogP) is 1.92. The molecule has 0 radical (unpaired) electrons. The highest BCUT2D eigenvalue weighted by Gasteiger charge is 2.06. The largest absolute Gasteiger partial charge is 0.478 e. The lowest BCUT2D eigenvalue weighted by Crippen LogP contribution is -2.15. The maximum Gasteiger partial charge on any atom is 0.327 e. The van der Waals surface area contributed by atoms with Gasteiger partial charge in [0, 0.05) is 6.08 Å². The average Bonchev–Trinajstić information content (AvgIpc) is 1.87. The Kier molecular flexibility index (Phi) is 7.78. The van der Waals surface area contributed by atoms with Crippen LogP contribution in [0.3, 0.4) is 0 Å². The highest BCUT2D eigenvalue weighted by atomic mass is 17.1. The molecule has 0 atom stereocenters. The normalized spacial score (nSPS) is 10.8. The van der Waals surface area contributed by atoms with Crippen molar-refractivity contribution in [3.63, 3.8) is 0 Å². The van der Waals surface area contributed by atoms with E-state index in [2.05, 4.69) is 4.89 Å². The van der Waals surface area contributed by atoms with Crippen LogP contribution >= 0.6 is 0 Å². The summed E-state index contributed by atoms with van der Waals surface area (Å²) in [5, 5.41) is 15.7. The molecule has 0 aromatic rings. The Balaban J connectivity index is 0. The zero-order valence-corrected chi connectivity index (χ0v) is 7.87. The minimum atomic E-state index is -0.891. The van der Waals surface area contributed by atoms with Crippen LogP contribution in [0.15, 0.2) is 12.2 Å². The summed E-state index contributed by atoms with van der Waals surface area (Å²) < 4.78 is 0. The van der Waals surface area contributed by atoms with E-state index in [-0.39, 0.29) is 0 Å². The average molecular weight is 176 g/mol. The Morgan fingerprint density at radius 3 is 1.75 bits per heavy atom. The van der Waals surface area contributed by atoms with Gasteiger partial charge in [-0.1, -0.05) is 6.08 Å². The van der Waals surface area contributed by atoms with E-state index < -0.39 is 11.6 Å². The van der Waals surface area contributed by atoms with Crippen molar-refractivity contribution in [1.29, 1.82) is 0 Å². The van der Waals surface area contributed by atoms with E-state index in [0.717, 1.165) is 6.08 Å². The number of carboxylic acids is 1. The topological polar surface area (TPSA) is 66.8 Å². The molecule has 0 aliphatic heterocycles. The van der Waals surface area contributed by atoms with Gasteiger partial charge in [0.25, 0.3) is 0 Å². The molecule has 4 nitrogen and oxygen atoms in total. The van der Waals surface area contributed by atoms with Crippen LogP contribution in [0, 0.1) is 0 Å². The van der Waals surface area contributed by atoms with Crippen molar-refractivity contribution in [3.8, 4) is 0 Å². The van der Waals surface area contributed by atoms with E-state index in [1.54, 1.807) is 27.7 Å². The summed E-state index contributed by atoms with van der Waals surface area (Å²) in [7, 11) is 0. The molecule has 0 rings (SSSR count). The van der Waals surface area contributed by atoms with Crippen molar-refractivity contribution in [1.82, 2.24) is 0 Å². The molecular formula is C8H16O4. The fourth-order valence-corrected chi connectivity index (χ4v) is 0.143. The van der Waals surface area contributed by atoms with Crippen LogP contribution in [0.4, 0.5) is 0 Å². The van der Waals surface area contributed by atoms with Gasteiger partial charge in [0.2, 0.25) is 0 Å². The van der Waals surface area contributed by atoms with Crippen molar-refractivity contribution in [2.45, 2.75) is 33.3 Å².